The quantitative estimate of drug-likeness (QED) is 0.767. The van der Waals surface area contributed by atoms with E-state index in [0.717, 1.165) is 35.3 Å². The van der Waals surface area contributed by atoms with Gasteiger partial charge in [-0.2, -0.15) is 0 Å². The highest BCUT2D eigenvalue weighted by Crippen LogP contribution is 2.61. The van der Waals surface area contributed by atoms with Gasteiger partial charge in [-0.1, -0.05) is 13.3 Å². The van der Waals surface area contributed by atoms with Crippen molar-refractivity contribution in [3.63, 3.8) is 0 Å². The predicted octanol–water partition coefficient (Wildman–Crippen LogP) is 3.34. The Balaban J connectivity index is 1.57. The van der Waals surface area contributed by atoms with Crippen LogP contribution >= 0.6 is 0 Å². The minimum Gasteiger partial charge on any atom is -0.311 e. The number of rotatable bonds is 3. The first-order chi connectivity index (χ1) is 7.78. The highest BCUT2D eigenvalue weighted by molar-refractivity contribution is 5.08. The molecule has 2 unspecified atom stereocenters. The van der Waals surface area contributed by atoms with Gasteiger partial charge in [0.1, 0.15) is 0 Å². The third-order valence-electron chi connectivity index (χ3n) is 6.16. The lowest BCUT2D eigenvalue weighted by atomic mass is 9.47. The van der Waals surface area contributed by atoms with Crippen molar-refractivity contribution < 1.29 is 0 Å². The van der Waals surface area contributed by atoms with Crippen LogP contribution in [0, 0.1) is 23.2 Å². The lowest BCUT2D eigenvalue weighted by Gasteiger charge is -2.60. The highest BCUT2D eigenvalue weighted by Gasteiger charge is 2.54. The fourth-order valence-corrected chi connectivity index (χ4v) is 5.42. The Kier molecular flexibility index (Phi) is 2.02. The van der Waals surface area contributed by atoms with Gasteiger partial charge in [-0.25, -0.2) is 0 Å². The third-order valence-corrected chi connectivity index (χ3v) is 6.16. The molecular formula is C15H25N. The van der Waals surface area contributed by atoms with E-state index in [4.69, 9.17) is 0 Å². The molecule has 5 fully saturated rings. The zero-order chi connectivity index (χ0) is 10.8. The predicted molar refractivity (Wildman–Crippen MR) is 66.2 cm³/mol. The van der Waals surface area contributed by atoms with E-state index in [2.05, 4.69) is 12.2 Å². The van der Waals surface area contributed by atoms with Crippen LogP contribution in [0.4, 0.5) is 0 Å². The van der Waals surface area contributed by atoms with Crippen molar-refractivity contribution in [2.45, 2.75) is 70.4 Å². The molecule has 1 nitrogen and oxygen atoms in total. The molecule has 5 aliphatic rings. The van der Waals surface area contributed by atoms with Gasteiger partial charge in [-0.3, -0.25) is 0 Å². The summed E-state index contributed by atoms with van der Waals surface area (Å²) >= 11 is 0. The number of hydrogen-bond acceptors (Lipinski definition) is 1. The van der Waals surface area contributed by atoms with Crippen LogP contribution in [0.5, 0.6) is 0 Å². The fraction of sp³-hybridized carbons (Fsp3) is 1.00. The van der Waals surface area contributed by atoms with Crippen LogP contribution in [0.1, 0.15) is 58.3 Å². The summed E-state index contributed by atoms with van der Waals surface area (Å²) in [6.07, 6.45) is 12.2. The van der Waals surface area contributed by atoms with Crippen LogP contribution in [0.3, 0.4) is 0 Å². The van der Waals surface area contributed by atoms with Crippen molar-refractivity contribution in [2.24, 2.45) is 23.2 Å². The van der Waals surface area contributed by atoms with E-state index < -0.39 is 0 Å². The van der Waals surface area contributed by atoms with Crippen molar-refractivity contribution in [2.75, 3.05) is 0 Å². The van der Waals surface area contributed by atoms with Crippen LogP contribution in [0.2, 0.25) is 0 Å². The molecule has 0 aliphatic heterocycles. The van der Waals surface area contributed by atoms with Gasteiger partial charge in [0.15, 0.2) is 0 Å². The molecule has 5 rings (SSSR count). The highest BCUT2D eigenvalue weighted by atomic mass is 15.0. The van der Waals surface area contributed by atoms with E-state index in [9.17, 15) is 0 Å². The molecule has 0 spiro atoms. The van der Waals surface area contributed by atoms with E-state index in [-0.39, 0.29) is 0 Å². The van der Waals surface area contributed by atoms with Crippen molar-refractivity contribution in [3.05, 3.63) is 0 Å². The Hall–Kier alpha value is -0.0400. The number of hydrogen-bond donors (Lipinski definition) is 1. The van der Waals surface area contributed by atoms with Gasteiger partial charge >= 0.3 is 0 Å². The van der Waals surface area contributed by atoms with Crippen molar-refractivity contribution in [3.8, 4) is 0 Å². The van der Waals surface area contributed by atoms with Crippen molar-refractivity contribution in [1.82, 2.24) is 5.32 Å². The van der Waals surface area contributed by atoms with Gasteiger partial charge in [0, 0.05) is 12.1 Å². The van der Waals surface area contributed by atoms with E-state index in [1.165, 1.54) is 19.3 Å². The smallest absolute Gasteiger partial charge is 0.0127 e. The van der Waals surface area contributed by atoms with Gasteiger partial charge < -0.3 is 5.32 Å². The Morgan fingerprint density at radius 2 is 1.75 bits per heavy atom. The fourth-order valence-electron chi connectivity index (χ4n) is 5.42. The van der Waals surface area contributed by atoms with Crippen molar-refractivity contribution in [1.29, 1.82) is 0 Å². The van der Waals surface area contributed by atoms with E-state index in [1.54, 1.807) is 32.1 Å². The SMILES string of the molecule is CCC12CC3CC(C1)C(NC1CC1)C(C3)C2. The van der Waals surface area contributed by atoms with Crippen LogP contribution in [-0.2, 0) is 0 Å². The average Bonchev–Trinajstić information content (AvgIpc) is 3.06. The van der Waals surface area contributed by atoms with Crippen LogP contribution in [0.25, 0.3) is 0 Å². The third kappa shape index (κ3) is 1.40. The second-order valence-corrected chi connectivity index (χ2v) is 7.29. The van der Waals surface area contributed by atoms with E-state index in [0.29, 0.717) is 0 Å². The Labute approximate surface area is 99.4 Å². The molecule has 5 saturated carbocycles. The molecule has 1 heteroatoms. The minimum atomic E-state index is 0.790. The molecule has 4 bridgehead atoms. The maximum Gasteiger partial charge on any atom is 0.0127 e. The molecule has 0 radical (unpaired) electrons. The summed E-state index contributed by atoms with van der Waals surface area (Å²) in [7, 11) is 0. The number of nitrogens with one attached hydrogen (secondary N) is 1. The lowest BCUT2D eigenvalue weighted by molar-refractivity contribution is -0.0785. The minimum absolute atomic E-state index is 0.790. The van der Waals surface area contributed by atoms with Crippen LogP contribution < -0.4 is 5.32 Å². The largest absolute Gasteiger partial charge is 0.311 e. The summed E-state index contributed by atoms with van der Waals surface area (Å²) in [5.74, 6) is 3.20. The summed E-state index contributed by atoms with van der Waals surface area (Å²) < 4.78 is 0. The van der Waals surface area contributed by atoms with Gasteiger partial charge in [0.2, 0.25) is 0 Å². The molecule has 0 saturated heterocycles. The summed E-state index contributed by atoms with van der Waals surface area (Å²) in [5, 5.41) is 3.98. The van der Waals surface area contributed by atoms with E-state index >= 15 is 0 Å². The monoisotopic (exact) mass is 219 g/mol. The maximum absolute atomic E-state index is 3.98. The molecular weight excluding hydrogens is 194 g/mol. The van der Waals surface area contributed by atoms with E-state index in [1.807, 2.05) is 0 Å². The van der Waals surface area contributed by atoms with Gasteiger partial charge in [-0.05, 0) is 68.1 Å². The summed E-state index contributed by atoms with van der Waals surface area (Å²) in [5.41, 5.74) is 0.790. The van der Waals surface area contributed by atoms with Crippen LogP contribution in [0.15, 0.2) is 0 Å². The lowest BCUT2D eigenvalue weighted by Crippen LogP contribution is -2.58. The molecule has 90 valence electrons. The summed E-state index contributed by atoms with van der Waals surface area (Å²) in [6.45, 7) is 2.44. The molecule has 5 aliphatic carbocycles. The Bertz CT molecular complexity index is 278. The molecule has 0 aromatic rings. The second kappa shape index (κ2) is 3.25. The zero-order valence-electron chi connectivity index (χ0n) is 10.5. The first kappa shape index (κ1) is 9.94. The average molecular weight is 219 g/mol. The summed E-state index contributed by atoms with van der Waals surface area (Å²) in [4.78, 5) is 0. The second-order valence-electron chi connectivity index (χ2n) is 7.29. The molecule has 0 amide bonds. The molecule has 0 aromatic carbocycles. The standard InChI is InChI=1S/C15H25N/c1-2-15-7-10-5-11(8-15)14(12(6-10)9-15)16-13-3-4-13/h10-14,16H,2-9H2,1H3. The van der Waals surface area contributed by atoms with Gasteiger partial charge in [-0.15, -0.1) is 0 Å². The van der Waals surface area contributed by atoms with Crippen LogP contribution in [-0.4, -0.2) is 12.1 Å². The Morgan fingerprint density at radius 3 is 2.31 bits per heavy atom. The molecule has 2 atom stereocenters. The first-order valence-electron chi connectivity index (χ1n) is 7.54. The molecule has 16 heavy (non-hydrogen) atoms. The maximum atomic E-state index is 3.98. The van der Waals surface area contributed by atoms with Gasteiger partial charge in [0.25, 0.3) is 0 Å². The topological polar surface area (TPSA) is 12.0 Å². The zero-order valence-corrected chi connectivity index (χ0v) is 10.5. The molecule has 1 N–H and O–H groups in total. The van der Waals surface area contributed by atoms with Gasteiger partial charge in [0.05, 0.1) is 0 Å². The molecule has 0 heterocycles. The first-order valence-corrected chi connectivity index (χ1v) is 7.54. The normalized spacial score (nSPS) is 54.6. The molecule has 0 aromatic heterocycles. The Morgan fingerprint density at radius 1 is 1.06 bits per heavy atom. The summed E-state index contributed by atoms with van der Waals surface area (Å²) in [6, 6.07) is 1.84. The van der Waals surface area contributed by atoms with Crippen molar-refractivity contribution >= 4 is 0 Å².